The highest BCUT2D eigenvalue weighted by atomic mass is 127. The van der Waals surface area contributed by atoms with E-state index < -0.39 is 5.82 Å². The zero-order chi connectivity index (χ0) is 12.1. The Labute approximate surface area is 107 Å². The molecule has 6 heteroatoms. The van der Waals surface area contributed by atoms with Gasteiger partial charge in [0.15, 0.2) is 0 Å². The van der Waals surface area contributed by atoms with Crippen LogP contribution in [-0.4, -0.2) is 24.6 Å². The number of pyridine rings is 1. The molecular weight excluding hydrogens is 326 g/mol. The number of nitrogens with zero attached hydrogens (tertiary/aromatic N) is 1. The number of hydrogen-bond acceptors (Lipinski definition) is 3. The Morgan fingerprint density at radius 1 is 1.75 bits per heavy atom. The Morgan fingerprint density at radius 3 is 3.00 bits per heavy atom. The first-order valence-electron chi connectivity index (χ1n) is 4.65. The third kappa shape index (κ3) is 3.67. The molecule has 0 bridgehead atoms. The molecule has 0 spiro atoms. The summed E-state index contributed by atoms with van der Waals surface area (Å²) >= 11 is 1.92. The predicted molar refractivity (Wildman–Crippen MR) is 66.6 cm³/mol. The average Bonchev–Trinajstić information content (AvgIpc) is 2.22. The molecule has 0 aromatic carbocycles. The second kappa shape index (κ2) is 6.09. The molecule has 0 saturated carbocycles. The molecule has 1 N–H and O–H groups in total. The first-order chi connectivity index (χ1) is 7.54. The van der Waals surface area contributed by atoms with Gasteiger partial charge in [-0.1, -0.05) is 6.92 Å². The van der Waals surface area contributed by atoms with Crippen LogP contribution in [0, 0.1) is 15.3 Å². The minimum absolute atomic E-state index is 0.195. The van der Waals surface area contributed by atoms with E-state index in [9.17, 15) is 9.18 Å². The molecule has 0 aliphatic carbocycles. The maximum absolute atomic E-state index is 12.8. The molecule has 1 heterocycles. The van der Waals surface area contributed by atoms with Gasteiger partial charge in [0.2, 0.25) is 5.91 Å². The number of rotatable bonds is 4. The van der Waals surface area contributed by atoms with Crippen molar-refractivity contribution in [2.75, 3.05) is 19.0 Å². The SMILES string of the molecule is COC[C@H](C)C(=O)Nc1ncc(F)cc1I. The van der Waals surface area contributed by atoms with Gasteiger partial charge in [0, 0.05) is 7.11 Å². The van der Waals surface area contributed by atoms with Crippen LogP contribution < -0.4 is 5.32 Å². The minimum atomic E-state index is -0.424. The number of anilines is 1. The summed E-state index contributed by atoms with van der Waals surface area (Å²) in [5, 5.41) is 2.62. The van der Waals surface area contributed by atoms with E-state index in [0.29, 0.717) is 16.0 Å². The molecule has 16 heavy (non-hydrogen) atoms. The standard InChI is InChI=1S/C10H12FIN2O2/c1-6(5-16-2)10(15)14-9-8(12)3-7(11)4-13-9/h3-4,6H,5H2,1-2H3,(H,13,14,15)/t6-/m0/s1. The van der Waals surface area contributed by atoms with Crippen molar-refractivity contribution in [3.8, 4) is 0 Å². The molecule has 0 fully saturated rings. The lowest BCUT2D eigenvalue weighted by Crippen LogP contribution is -2.24. The maximum atomic E-state index is 12.8. The van der Waals surface area contributed by atoms with Crippen LogP contribution in [0.3, 0.4) is 0 Å². The number of carbonyl (C=O) groups is 1. The van der Waals surface area contributed by atoms with Crippen molar-refractivity contribution in [1.29, 1.82) is 0 Å². The summed E-state index contributed by atoms with van der Waals surface area (Å²) in [7, 11) is 1.53. The summed E-state index contributed by atoms with van der Waals surface area (Å²) in [5.74, 6) is -0.520. The number of amides is 1. The first-order valence-corrected chi connectivity index (χ1v) is 5.73. The van der Waals surface area contributed by atoms with Crippen LogP contribution in [0.25, 0.3) is 0 Å². The quantitative estimate of drug-likeness (QED) is 0.855. The summed E-state index contributed by atoms with van der Waals surface area (Å²) in [5.41, 5.74) is 0. The van der Waals surface area contributed by atoms with Gasteiger partial charge in [0.05, 0.1) is 22.3 Å². The van der Waals surface area contributed by atoms with E-state index >= 15 is 0 Å². The van der Waals surface area contributed by atoms with E-state index in [-0.39, 0.29) is 11.8 Å². The largest absolute Gasteiger partial charge is 0.384 e. The number of halogens is 2. The van der Waals surface area contributed by atoms with Crippen molar-refractivity contribution in [2.24, 2.45) is 5.92 Å². The van der Waals surface area contributed by atoms with E-state index in [2.05, 4.69) is 10.3 Å². The topological polar surface area (TPSA) is 51.2 Å². The second-order valence-corrected chi connectivity index (χ2v) is 4.49. The van der Waals surface area contributed by atoms with Gasteiger partial charge >= 0.3 is 0 Å². The van der Waals surface area contributed by atoms with Crippen molar-refractivity contribution >= 4 is 34.3 Å². The zero-order valence-electron chi connectivity index (χ0n) is 8.96. The summed E-state index contributed by atoms with van der Waals surface area (Å²) in [6.07, 6.45) is 1.07. The Hall–Kier alpha value is -0.760. The van der Waals surface area contributed by atoms with Gasteiger partial charge in [0.1, 0.15) is 11.6 Å². The van der Waals surface area contributed by atoms with Gasteiger partial charge in [0.25, 0.3) is 0 Å². The Balaban J connectivity index is 2.69. The lowest BCUT2D eigenvalue weighted by Gasteiger charge is -2.11. The van der Waals surface area contributed by atoms with Crippen molar-refractivity contribution in [3.05, 3.63) is 21.7 Å². The van der Waals surface area contributed by atoms with E-state index in [1.807, 2.05) is 22.6 Å². The lowest BCUT2D eigenvalue weighted by molar-refractivity contribution is -0.120. The van der Waals surface area contributed by atoms with E-state index in [1.165, 1.54) is 13.2 Å². The van der Waals surface area contributed by atoms with Gasteiger partial charge in [-0.05, 0) is 28.7 Å². The molecule has 1 aromatic heterocycles. The van der Waals surface area contributed by atoms with Crippen molar-refractivity contribution in [3.63, 3.8) is 0 Å². The molecular formula is C10H12FIN2O2. The van der Waals surface area contributed by atoms with Crippen LogP contribution in [-0.2, 0) is 9.53 Å². The Morgan fingerprint density at radius 2 is 2.44 bits per heavy atom. The first kappa shape index (κ1) is 13.3. The number of aromatic nitrogens is 1. The maximum Gasteiger partial charge on any atom is 0.230 e. The monoisotopic (exact) mass is 338 g/mol. The van der Waals surface area contributed by atoms with E-state index in [1.54, 1.807) is 6.92 Å². The van der Waals surface area contributed by atoms with Gasteiger partial charge < -0.3 is 10.1 Å². The fraction of sp³-hybridized carbons (Fsp3) is 0.400. The van der Waals surface area contributed by atoms with E-state index in [0.717, 1.165) is 6.20 Å². The van der Waals surface area contributed by atoms with Gasteiger partial charge in [-0.25, -0.2) is 9.37 Å². The van der Waals surface area contributed by atoms with E-state index in [4.69, 9.17) is 4.74 Å². The Bertz CT molecular complexity index is 387. The fourth-order valence-corrected chi connectivity index (χ4v) is 1.64. The molecule has 0 aliphatic heterocycles. The third-order valence-corrected chi connectivity index (χ3v) is 2.74. The average molecular weight is 338 g/mol. The molecule has 0 radical (unpaired) electrons. The molecule has 1 aromatic rings. The highest BCUT2D eigenvalue weighted by Crippen LogP contribution is 2.16. The number of hydrogen-bond donors (Lipinski definition) is 1. The molecule has 0 aliphatic rings. The van der Waals surface area contributed by atoms with Crippen LogP contribution in [0.4, 0.5) is 10.2 Å². The molecule has 4 nitrogen and oxygen atoms in total. The number of methoxy groups -OCH3 is 1. The van der Waals surface area contributed by atoms with Crippen LogP contribution in [0.5, 0.6) is 0 Å². The lowest BCUT2D eigenvalue weighted by atomic mass is 10.2. The summed E-state index contributed by atoms with van der Waals surface area (Å²) in [6, 6.07) is 1.31. The van der Waals surface area contributed by atoms with Gasteiger partial charge in [-0.2, -0.15) is 0 Å². The number of ether oxygens (including phenoxy) is 1. The highest BCUT2D eigenvalue weighted by Gasteiger charge is 2.14. The zero-order valence-corrected chi connectivity index (χ0v) is 11.1. The molecule has 88 valence electrons. The van der Waals surface area contributed by atoms with Crippen LogP contribution in [0.15, 0.2) is 12.3 Å². The van der Waals surface area contributed by atoms with Gasteiger partial charge in [-0.15, -0.1) is 0 Å². The minimum Gasteiger partial charge on any atom is -0.384 e. The molecule has 0 unspecified atom stereocenters. The normalized spacial score (nSPS) is 12.2. The highest BCUT2D eigenvalue weighted by molar-refractivity contribution is 14.1. The predicted octanol–water partition coefficient (Wildman–Crippen LogP) is 2.05. The van der Waals surface area contributed by atoms with Crippen molar-refractivity contribution in [2.45, 2.75) is 6.92 Å². The second-order valence-electron chi connectivity index (χ2n) is 3.33. The number of carbonyl (C=O) groups excluding carboxylic acids is 1. The molecule has 1 atom stereocenters. The summed E-state index contributed by atoms with van der Waals surface area (Å²) in [6.45, 7) is 2.08. The van der Waals surface area contributed by atoms with Gasteiger partial charge in [-0.3, -0.25) is 4.79 Å². The smallest absolute Gasteiger partial charge is 0.230 e. The summed E-state index contributed by atoms with van der Waals surface area (Å²) in [4.78, 5) is 15.4. The fourth-order valence-electron chi connectivity index (χ4n) is 1.07. The molecule has 0 saturated heterocycles. The third-order valence-electron chi connectivity index (χ3n) is 1.91. The number of nitrogens with one attached hydrogen (secondary N) is 1. The van der Waals surface area contributed by atoms with Crippen molar-refractivity contribution in [1.82, 2.24) is 4.98 Å². The van der Waals surface area contributed by atoms with Crippen LogP contribution >= 0.6 is 22.6 Å². The molecule has 1 amide bonds. The Kier molecular flexibility index (Phi) is 5.07. The van der Waals surface area contributed by atoms with Crippen LogP contribution in [0.1, 0.15) is 6.92 Å². The summed E-state index contributed by atoms with van der Waals surface area (Å²) < 4.78 is 18.2. The molecule has 1 rings (SSSR count). The van der Waals surface area contributed by atoms with Crippen LogP contribution in [0.2, 0.25) is 0 Å². The van der Waals surface area contributed by atoms with Crippen molar-refractivity contribution < 1.29 is 13.9 Å².